The Morgan fingerprint density at radius 1 is 1.06 bits per heavy atom. The number of pyridine rings is 1. The highest BCUT2D eigenvalue weighted by atomic mass is 32.1. The third-order valence-electron chi connectivity index (χ3n) is 5.13. The number of fused-ring (bicyclic) bond motifs is 1. The summed E-state index contributed by atoms with van der Waals surface area (Å²) in [4.78, 5) is 19.4. The number of aromatic nitrogens is 1. The maximum absolute atomic E-state index is 12.0. The van der Waals surface area contributed by atoms with Crippen molar-refractivity contribution in [2.45, 2.75) is 26.1 Å². The summed E-state index contributed by atoms with van der Waals surface area (Å²) in [6.45, 7) is 4.12. The monoisotopic (exact) mass is 445 g/mol. The molecule has 0 aliphatic carbocycles. The number of thiophene rings is 1. The largest absolute Gasteiger partial charge is 0.489 e. The molecule has 32 heavy (non-hydrogen) atoms. The molecule has 0 unspecified atom stereocenters. The van der Waals surface area contributed by atoms with E-state index in [9.17, 15) is 4.79 Å². The lowest BCUT2D eigenvalue weighted by Crippen LogP contribution is -2.33. The van der Waals surface area contributed by atoms with Crippen LogP contribution in [0.25, 0.3) is 10.9 Å². The van der Waals surface area contributed by atoms with Crippen LogP contribution in [0.3, 0.4) is 0 Å². The summed E-state index contributed by atoms with van der Waals surface area (Å²) in [6, 6.07) is 22.3. The van der Waals surface area contributed by atoms with Crippen LogP contribution in [-0.4, -0.2) is 35.5 Å². The first kappa shape index (κ1) is 22.0. The Labute approximate surface area is 192 Å². The summed E-state index contributed by atoms with van der Waals surface area (Å²) in [5.41, 5.74) is 3.52. The van der Waals surface area contributed by atoms with Crippen molar-refractivity contribution in [3.63, 3.8) is 0 Å². The van der Waals surface area contributed by atoms with E-state index >= 15 is 0 Å². The predicted molar refractivity (Wildman–Crippen MR) is 130 cm³/mol. The van der Waals surface area contributed by atoms with Gasteiger partial charge in [0.15, 0.2) is 0 Å². The van der Waals surface area contributed by atoms with Crippen molar-refractivity contribution in [1.82, 2.24) is 15.2 Å². The van der Waals surface area contributed by atoms with Crippen LogP contribution in [0.1, 0.15) is 27.7 Å². The summed E-state index contributed by atoms with van der Waals surface area (Å²) in [7, 11) is 2.12. The number of hydrogen-bond acceptors (Lipinski definition) is 5. The van der Waals surface area contributed by atoms with Gasteiger partial charge in [-0.2, -0.15) is 0 Å². The lowest BCUT2D eigenvalue weighted by Gasteiger charge is -2.18. The molecule has 1 amide bonds. The van der Waals surface area contributed by atoms with Gasteiger partial charge in [-0.25, -0.2) is 0 Å². The number of nitrogens with one attached hydrogen (secondary N) is 1. The van der Waals surface area contributed by atoms with Crippen LogP contribution < -0.4 is 10.1 Å². The first-order chi connectivity index (χ1) is 15.6. The Morgan fingerprint density at radius 2 is 1.84 bits per heavy atom. The van der Waals surface area contributed by atoms with Gasteiger partial charge in [0, 0.05) is 24.7 Å². The fraction of sp³-hybridized carbons (Fsp3) is 0.231. The van der Waals surface area contributed by atoms with Gasteiger partial charge in [-0.05, 0) is 66.9 Å². The van der Waals surface area contributed by atoms with E-state index in [1.165, 1.54) is 27.8 Å². The number of hydrogen-bond donors (Lipinski definition) is 1. The molecule has 2 heterocycles. The normalized spacial score (nSPS) is 12.1. The predicted octanol–water partition coefficient (Wildman–Crippen LogP) is 5.13. The van der Waals surface area contributed by atoms with Gasteiger partial charge in [0.2, 0.25) is 0 Å². The molecule has 0 bridgehead atoms. The summed E-state index contributed by atoms with van der Waals surface area (Å²) < 4.78 is 5.95. The van der Waals surface area contributed by atoms with Crippen LogP contribution in [0.5, 0.6) is 5.75 Å². The number of carbonyl (C=O) groups is 1. The summed E-state index contributed by atoms with van der Waals surface area (Å²) in [6.07, 6.45) is 1.71. The Bertz CT molecular complexity index is 1160. The fourth-order valence-electron chi connectivity index (χ4n) is 3.58. The van der Waals surface area contributed by atoms with Gasteiger partial charge in [0.05, 0.1) is 16.9 Å². The molecule has 6 heteroatoms. The van der Waals surface area contributed by atoms with Crippen LogP contribution in [-0.2, 0) is 13.1 Å². The van der Waals surface area contributed by atoms with E-state index in [-0.39, 0.29) is 12.0 Å². The number of ether oxygens (including phenoxy) is 1. The number of benzene rings is 2. The molecular weight excluding hydrogens is 418 g/mol. The minimum absolute atomic E-state index is 0.0588. The third kappa shape index (κ3) is 5.93. The molecule has 2 aromatic heterocycles. The van der Waals surface area contributed by atoms with E-state index in [4.69, 9.17) is 4.74 Å². The zero-order valence-corrected chi connectivity index (χ0v) is 19.1. The van der Waals surface area contributed by atoms with E-state index < -0.39 is 0 Å². The molecule has 164 valence electrons. The molecule has 0 saturated carbocycles. The molecule has 0 spiro atoms. The standard InChI is InChI=1S/C26H27N3O2S/c1-19(16-28-26(30)25-6-4-14-32-25)31-23-10-7-20(8-11-23)17-29(2)18-21-9-12-24-22(15-21)5-3-13-27-24/h3-15,19H,16-18H2,1-2H3,(H,28,30)/t19-/m1/s1. The zero-order valence-electron chi connectivity index (χ0n) is 18.3. The van der Waals surface area contributed by atoms with Crippen molar-refractivity contribution in [3.05, 3.63) is 94.3 Å². The van der Waals surface area contributed by atoms with Crippen LogP contribution in [0.15, 0.2) is 78.3 Å². The fourth-order valence-corrected chi connectivity index (χ4v) is 4.22. The second-order valence-electron chi connectivity index (χ2n) is 7.96. The lowest BCUT2D eigenvalue weighted by atomic mass is 10.1. The lowest BCUT2D eigenvalue weighted by molar-refractivity contribution is 0.0936. The topological polar surface area (TPSA) is 54.5 Å². The van der Waals surface area contributed by atoms with Gasteiger partial charge in [-0.1, -0.05) is 30.3 Å². The molecule has 0 fully saturated rings. The van der Waals surface area contributed by atoms with E-state index in [1.807, 2.05) is 48.8 Å². The first-order valence-corrected chi connectivity index (χ1v) is 11.5. The molecule has 0 aliphatic rings. The Balaban J connectivity index is 1.25. The van der Waals surface area contributed by atoms with Crippen LogP contribution >= 0.6 is 11.3 Å². The molecular formula is C26H27N3O2S. The second kappa shape index (κ2) is 10.4. The number of carbonyl (C=O) groups excluding carboxylic acids is 1. The van der Waals surface area contributed by atoms with Gasteiger partial charge in [0.1, 0.15) is 11.9 Å². The molecule has 4 rings (SSSR count). The van der Waals surface area contributed by atoms with Gasteiger partial charge in [0.25, 0.3) is 5.91 Å². The molecule has 2 aromatic carbocycles. The highest BCUT2D eigenvalue weighted by molar-refractivity contribution is 7.12. The highest BCUT2D eigenvalue weighted by Gasteiger charge is 2.10. The van der Waals surface area contributed by atoms with Crippen molar-refractivity contribution in [1.29, 1.82) is 0 Å². The molecule has 0 saturated heterocycles. The van der Waals surface area contributed by atoms with E-state index in [0.717, 1.165) is 24.4 Å². The van der Waals surface area contributed by atoms with Crippen LogP contribution in [0.4, 0.5) is 0 Å². The van der Waals surface area contributed by atoms with E-state index in [2.05, 4.69) is 58.6 Å². The molecule has 4 aromatic rings. The summed E-state index contributed by atoms with van der Waals surface area (Å²) >= 11 is 1.43. The van der Waals surface area contributed by atoms with Crippen LogP contribution in [0.2, 0.25) is 0 Å². The molecule has 1 atom stereocenters. The van der Waals surface area contributed by atoms with Gasteiger partial charge >= 0.3 is 0 Å². The number of rotatable bonds is 9. The maximum Gasteiger partial charge on any atom is 0.261 e. The molecule has 0 aliphatic heterocycles. The summed E-state index contributed by atoms with van der Waals surface area (Å²) in [5, 5.41) is 5.98. The minimum atomic E-state index is -0.116. The Morgan fingerprint density at radius 3 is 2.62 bits per heavy atom. The van der Waals surface area contributed by atoms with Crippen molar-refractivity contribution in [3.8, 4) is 5.75 Å². The van der Waals surface area contributed by atoms with Crippen molar-refractivity contribution < 1.29 is 9.53 Å². The summed E-state index contributed by atoms with van der Waals surface area (Å²) in [5.74, 6) is 0.743. The van der Waals surface area contributed by atoms with Gasteiger partial charge < -0.3 is 10.1 Å². The van der Waals surface area contributed by atoms with E-state index in [1.54, 1.807) is 0 Å². The SMILES string of the molecule is C[C@H](CNC(=O)c1cccs1)Oc1ccc(CN(C)Cc2ccc3ncccc3c2)cc1. The minimum Gasteiger partial charge on any atom is -0.489 e. The smallest absolute Gasteiger partial charge is 0.261 e. The van der Waals surface area contributed by atoms with Gasteiger partial charge in [-0.15, -0.1) is 11.3 Å². The van der Waals surface area contributed by atoms with Gasteiger partial charge in [-0.3, -0.25) is 14.7 Å². The average Bonchev–Trinajstić information content (AvgIpc) is 3.34. The number of amides is 1. The third-order valence-corrected chi connectivity index (χ3v) is 6.00. The Kier molecular flexibility index (Phi) is 7.14. The molecule has 5 nitrogen and oxygen atoms in total. The van der Waals surface area contributed by atoms with E-state index in [0.29, 0.717) is 11.4 Å². The average molecular weight is 446 g/mol. The first-order valence-electron chi connectivity index (χ1n) is 10.7. The molecule has 0 radical (unpaired) electrons. The quantitative estimate of drug-likeness (QED) is 0.388. The molecule has 1 N–H and O–H groups in total. The zero-order chi connectivity index (χ0) is 22.3. The Hall–Kier alpha value is -3.22. The van der Waals surface area contributed by atoms with Crippen molar-refractivity contribution in [2.24, 2.45) is 0 Å². The number of nitrogens with zero attached hydrogens (tertiary/aromatic N) is 2. The highest BCUT2D eigenvalue weighted by Crippen LogP contribution is 2.18. The van der Waals surface area contributed by atoms with Crippen LogP contribution in [0, 0.1) is 0 Å². The maximum atomic E-state index is 12.0. The van der Waals surface area contributed by atoms with Crippen molar-refractivity contribution >= 4 is 28.1 Å². The van der Waals surface area contributed by atoms with Crippen molar-refractivity contribution in [2.75, 3.05) is 13.6 Å². The second-order valence-corrected chi connectivity index (χ2v) is 8.91.